The maximum atomic E-state index is 14.5. The number of rotatable bonds is 1. The van der Waals surface area contributed by atoms with Gasteiger partial charge in [0.2, 0.25) is 0 Å². The average Bonchev–Trinajstić information content (AvgIpc) is 2.60. The largest absolute Gasteiger partial charge is 0.377 e. The first kappa shape index (κ1) is 17.5. The molecule has 2 aromatic carbocycles. The van der Waals surface area contributed by atoms with Crippen molar-refractivity contribution in [1.82, 2.24) is 0 Å². The summed E-state index contributed by atoms with van der Waals surface area (Å²) in [6, 6.07) is 9.96. The third-order valence-corrected chi connectivity index (χ3v) is 5.64. The number of nitrogens with one attached hydrogen (secondary N) is 1. The second kappa shape index (κ2) is 6.34. The summed E-state index contributed by atoms with van der Waals surface area (Å²) < 4.78 is 35.1. The number of halogens is 2. The Bertz CT molecular complexity index is 807. The summed E-state index contributed by atoms with van der Waals surface area (Å²) >= 11 is 0. The molecule has 0 amide bonds. The lowest BCUT2D eigenvalue weighted by Gasteiger charge is -2.44. The molecule has 2 nitrogen and oxygen atoms in total. The van der Waals surface area contributed by atoms with E-state index in [1.54, 1.807) is 0 Å². The lowest BCUT2D eigenvalue weighted by molar-refractivity contribution is -0.0388. The van der Waals surface area contributed by atoms with Crippen LogP contribution in [0.15, 0.2) is 36.4 Å². The first-order valence-electron chi connectivity index (χ1n) is 9.33. The summed E-state index contributed by atoms with van der Waals surface area (Å²) in [5, 5.41) is 3.41. The van der Waals surface area contributed by atoms with E-state index in [1.165, 1.54) is 23.8 Å². The van der Waals surface area contributed by atoms with E-state index in [9.17, 15) is 8.78 Å². The molecule has 26 heavy (non-hydrogen) atoms. The van der Waals surface area contributed by atoms with Crippen LogP contribution in [0.5, 0.6) is 0 Å². The fourth-order valence-corrected chi connectivity index (χ4v) is 4.23. The summed E-state index contributed by atoms with van der Waals surface area (Å²) in [4.78, 5) is 0. The SMILES string of the molecule is CC(C)(C)c1ccc2c(c1)[C@@H]1OCCC[C@@H]1[C@@H](c1c(F)cccc1F)N2. The van der Waals surface area contributed by atoms with Crippen molar-refractivity contribution in [2.45, 2.75) is 51.2 Å². The minimum atomic E-state index is -0.499. The Labute approximate surface area is 153 Å². The Hall–Kier alpha value is -1.94. The van der Waals surface area contributed by atoms with Gasteiger partial charge in [0.15, 0.2) is 0 Å². The molecule has 138 valence electrons. The van der Waals surface area contributed by atoms with Crippen LogP contribution in [0.4, 0.5) is 14.5 Å². The first-order chi connectivity index (χ1) is 12.4. The molecule has 2 aromatic rings. The molecule has 0 unspecified atom stereocenters. The van der Waals surface area contributed by atoms with Crippen molar-refractivity contribution >= 4 is 5.69 Å². The van der Waals surface area contributed by atoms with E-state index in [1.807, 2.05) is 6.07 Å². The van der Waals surface area contributed by atoms with Crippen LogP contribution in [-0.4, -0.2) is 6.61 Å². The normalized spacial score (nSPS) is 25.2. The van der Waals surface area contributed by atoms with Crippen molar-refractivity contribution in [3.63, 3.8) is 0 Å². The molecule has 1 fully saturated rings. The minimum Gasteiger partial charge on any atom is -0.377 e. The smallest absolute Gasteiger partial charge is 0.131 e. The van der Waals surface area contributed by atoms with Crippen LogP contribution in [0, 0.1) is 17.6 Å². The van der Waals surface area contributed by atoms with Crippen molar-refractivity contribution in [2.24, 2.45) is 5.92 Å². The number of hydrogen-bond donors (Lipinski definition) is 1. The van der Waals surface area contributed by atoms with Crippen molar-refractivity contribution < 1.29 is 13.5 Å². The maximum Gasteiger partial charge on any atom is 0.131 e. The summed E-state index contributed by atoms with van der Waals surface area (Å²) in [7, 11) is 0. The first-order valence-corrected chi connectivity index (χ1v) is 9.33. The lowest BCUT2D eigenvalue weighted by atomic mass is 9.75. The predicted molar refractivity (Wildman–Crippen MR) is 99.3 cm³/mol. The number of anilines is 1. The molecule has 1 N–H and O–H groups in total. The highest BCUT2D eigenvalue weighted by atomic mass is 19.1. The highest BCUT2D eigenvalue weighted by Crippen LogP contribution is 2.50. The molecule has 0 saturated carbocycles. The molecule has 0 aromatic heterocycles. The zero-order chi connectivity index (χ0) is 18.5. The van der Waals surface area contributed by atoms with E-state index in [-0.39, 0.29) is 23.0 Å². The van der Waals surface area contributed by atoms with Crippen LogP contribution in [0.2, 0.25) is 0 Å². The second-order valence-corrected chi connectivity index (χ2v) is 8.41. The van der Waals surface area contributed by atoms with Gasteiger partial charge < -0.3 is 10.1 Å². The maximum absolute atomic E-state index is 14.5. The van der Waals surface area contributed by atoms with E-state index in [0.717, 1.165) is 24.1 Å². The number of hydrogen-bond acceptors (Lipinski definition) is 2. The predicted octanol–water partition coefficient (Wildman–Crippen LogP) is 5.90. The molecule has 1 saturated heterocycles. The molecular formula is C22H25F2NO. The van der Waals surface area contributed by atoms with Crippen molar-refractivity contribution in [3.8, 4) is 0 Å². The van der Waals surface area contributed by atoms with Gasteiger partial charge in [0.1, 0.15) is 11.6 Å². The zero-order valence-corrected chi connectivity index (χ0v) is 15.5. The van der Waals surface area contributed by atoms with Crippen molar-refractivity contribution in [3.05, 3.63) is 64.7 Å². The summed E-state index contributed by atoms with van der Waals surface area (Å²) in [5.74, 6) is -0.985. The highest BCUT2D eigenvalue weighted by Gasteiger charge is 2.42. The fourth-order valence-electron chi connectivity index (χ4n) is 4.23. The van der Waals surface area contributed by atoms with E-state index < -0.39 is 17.7 Å². The fraction of sp³-hybridized carbons (Fsp3) is 0.455. The van der Waals surface area contributed by atoms with Crippen LogP contribution in [-0.2, 0) is 10.2 Å². The van der Waals surface area contributed by atoms with Gasteiger partial charge in [-0.15, -0.1) is 0 Å². The van der Waals surface area contributed by atoms with Gasteiger partial charge >= 0.3 is 0 Å². The van der Waals surface area contributed by atoms with Crippen LogP contribution < -0.4 is 5.32 Å². The molecule has 4 rings (SSSR count). The lowest BCUT2D eigenvalue weighted by Crippen LogP contribution is -2.37. The molecular weight excluding hydrogens is 332 g/mol. The topological polar surface area (TPSA) is 21.3 Å². The summed E-state index contributed by atoms with van der Waals surface area (Å²) in [5.41, 5.74) is 3.41. The third kappa shape index (κ3) is 2.90. The monoisotopic (exact) mass is 357 g/mol. The van der Waals surface area contributed by atoms with Gasteiger partial charge in [-0.25, -0.2) is 8.78 Å². The van der Waals surface area contributed by atoms with Crippen LogP contribution in [0.25, 0.3) is 0 Å². The summed E-state index contributed by atoms with van der Waals surface area (Å²) in [6.45, 7) is 7.23. The Morgan fingerprint density at radius 3 is 2.50 bits per heavy atom. The Morgan fingerprint density at radius 1 is 1.08 bits per heavy atom. The van der Waals surface area contributed by atoms with Crippen LogP contribution in [0.1, 0.15) is 62.4 Å². The number of benzene rings is 2. The van der Waals surface area contributed by atoms with Gasteiger partial charge in [0.05, 0.1) is 12.1 Å². The number of ether oxygens (including phenoxy) is 1. The molecule has 2 aliphatic heterocycles. The van der Waals surface area contributed by atoms with Gasteiger partial charge in [0.25, 0.3) is 0 Å². The Balaban J connectivity index is 1.82. The zero-order valence-electron chi connectivity index (χ0n) is 15.5. The molecule has 0 bridgehead atoms. The van der Waals surface area contributed by atoms with Crippen molar-refractivity contribution in [1.29, 1.82) is 0 Å². The van der Waals surface area contributed by atoms with Gasteiger partial charge in [-0.1, -0.05) is 39.0 Å². The van der Waals surface area contributed by atoms with E-state index in [2.05, 4.69) is 38.2 Å². The number of fused-ring (bicyclic) bond motifs is 3. The molecule has 3 atom stereocenters. The standard InChI is InChI=1S/C22H25F2NO/c1-22(2,3)13-9-10-18-15(12-13)21-14(6-5-11-26-21)20(25-18)19-16(23)7-4-8-17(19)24/h4,7-10,12,14,20-21,25H,5-6,11H2,1-3H3/t14-,20+,21-/m1/s1. The highest BCUT2D eigenvalue weighted by molar-refractivity contribution is 5.59. The van der Waals surface area contributed by atoms with Crippen molar-refractivity contribution in [2.75, 3.05) is 11.9 Å². The summed E-state index contributed by atoms with van der Waals surface area (Å²) in [6.07, 6.45) is 1.66. The Kier molecular flexibility index (Phi) is 4.26. The van der Waals surface area contributed by atoms with Gasteiger partial charge in [-0.2, -0.15) is 0 Å². The molecule has 2 heterocycles. The average molecular weight is 357 g/mol. The van der Waals surface area contributed by atoms with Gasteiger partial charge in [-0.05, 0) is 42.0 Å². The van der Waals surface area contributed by atoms with Crippen LogP contribution in [0.3, 0.4) is 0 Å². The van der Waals surface area contributed by atoms with E-state index >= 15 is 0 Å². The quantitative estimate of drug-likeness (QED) is 0.686. The van der Waals surface area contributed by atoms with E-state index in [4.69, 9.17) is 4.74 Å². The second-order valence-electron chi connectivity index (χ2n) is 8.41. The molecule has 0 aliphatic carbocycles. The Morgan fingerprint density at radius 2 is 1.81 bits per heavy atom. The molecule has 4 heteroatoms. The molecule has 0 spiro atoms. The molecule has 2 aliphatic rings. The van der Waals surface area contributed by atoms with E-state index in [0.29, 0.717) is 6.61 Å². The van der Waals surface area contributed by atoms with Crippen LogP contribution >= 0.6 is 0 Å². The third-order valence-electron chi connectivity index (χ3n) is 5.64. The minimum absolute atomic E-state index is 0.0119. The van der Waals surface area contributed by atoms with Gasteiger partial charge in [-0.3, -0.25) is 0 Å². The van der Waals surface area contributed by atoms with Gasteiger partial charge in [0, 0.05) is 29.3 Å². The molecule has 0 radical (unpaired) electrons.